The van der Waals surface area contributed by atoms with E-state index in [0.29, 0.717) is 0 Å². The van der Waals surface area contributed by atoms with Crippen LogP contribution in [0, 0.1) is 0 Å². The summed E-state index contributed by atoms with van der Waals surface area (Å²) < 4.78 is 6.19. The monoisotopic (exact) mass is 189 g/mol. The number of benzene rings is 1. The maximum absolute atomic E-state index is 5.28. The van der Waals surface area contributed by atoms with Gasteiger partial charge in [-0.3, -0.25) is 0 Å². The zero-order valence-corrected chi connectivity index (χ0v) is 6.81. The molecular weight excluding hydrogens is 183 g/mol. The first-order valence-corrected chi connectivity index (χ1v) is 3.91. The normalized spacial score (nSPS) is 14.9. The van der Waals surface area contributed by atoms with Gasteiger partial charge in [0.2, 0.25) is 0 Å². The van der Waals surface area contributed by atoms with E-state index in [9.17, 15) is 0 Å². The van der Waals surface area contributed by atoms with Crippen LogP contribution in [0.5, 0.6) is 5.75 Å². The van der Waals surface area contributed by atoms with Crippen LogP contribution in [0.3, 0.4) is 0 Å². The van der Waals surface area contributed by atoms with Gasteiger partial charge in [0, 0.05) is 0 Å². The van der Waals surface area contributed by atoms with E-state index in [1.54, 1.807) is 6.26 Å². The number of allylic oxidation sites excluding steroid dienone is 1. The van der Waals surface area contributed by atoms with Crippen molar-refractivity contribution in [1.82, 2.24) is 0 Å². The third-order valence-electron chi connectivity index (χ3n) is 1.63. The first kappa shape index (κ1) is 6.93. The number of hydrogen-bond acceptors (Lipinski definition) is 1. The first-order valence-electron chi connectivity index (χ1n) is 3.42. The molecular formula is C9H7NiO. The van der Waals surface area contributed by atoms with Crippen molar-refractivity contribution in [2.75, 3.05) is 0 Å². The Morgan fingerprint density at radius 1 is 1.27 bits per heavy atom. The molecule has 0 radical (unpaired) electrons. The summed E-state index contributed by atoms with van der Waals surface area (Å²) in [6.45, 7) is 0. The van der Waals surface area contributed by atoms with Crippen molar-refractivity contribution in [3.05, 3.63) is 40.6 Å². The number of para-hydroxylation sites is 1. The quantitative estimate of drug-likeness (QED) is 0.568. The van der Waals surface area contributed by atoms with Crippen LogP contribution in [0.4, 0.5) is 0 Å². The second-order valence-electron chi connectivity index (χ2n) is 2.43. The van der Waals surface area contributed by atoms with E-state index >= 15 is 0 Å². The molecule has 2 rings (SSSR count). The van der Waals surface area contributed by atoms with Gasteiger partial charge in [-0.05, 0) is 0 Å². The number of ether oxygens (including phenoxy) is 1. The molecule has 1 aliphatic heterocycles. The summed E-state index contributed by atoms with van der Waals surface area (Å²) in [4.78, 5) is 0. The number of fused-ring (bicyclic) bond motifs is 1. The second-order valence-corrected chi connectivity index (χ2v) is 3.06. The molecule has 11 heavy (non-hydrogen) atoms. The maximum atomic E-state index is 5.28. The van der Waals surface area contributed by atoms with E-state index in [0.717, 1.165) is 16.7 Å². The molecule has 1 aliphatic rings. The van der Waals surface area contributed by atoms with Crippen molar-refractivity contribution in [3.8, 4) is 5.75 Å². The summed E-state index contributed by atoms with van der Waals surface area (Å²) in [5.74, 6) is 0.938. The molecule has 1 nitrogen and oxygen atoms in total. The minimum absolute atomic E-state index is 0.857. The zero-order chi connectivity index (χ0) is 7.68. The van der Waals surface area contributed by atoms with Gasteiger partial charge in [-0.2, -0.15) is 0 Å². The molecule has 0 saturated heterocycles. The molecule has 2 heteroatoms. The van der Waals surface area contributed by atoms with Crippen molar-refractivity contribution >= 4 is 0 Å². The Labute approximate surface area is 73.4 Å². The molecule has 0 spiro atoms. The topological polar surface area (TPSA) is 9.23 Å². The summed E-state index contributed by atoms with van der Waals surface area (Å²) in [7, 11) is 0. The van der Waals surface area contributed by atoms with E-state index in [1.165, 1.54) is 5.56 Å². The number of hydrogen-bond donors (Lipinski definition) is 0. The Kier molecular flexibility index (Phi) is 1.71. The third-order valence-corrected chi connectivity index (χ3v) is 1.92. The van der Waals surface area contributed by atoms with Gasteiger partial charge < -0.3 is 0 Å². The van der Waals surface area contributed by atoms with Gasteiger partial charge in [-0.1, -0.05) is 0 Å². The molecule has 1 heterocycles. The SMILES string of the molecule is [Ni][C]1=COc2ccccc2C1. The summed E-state index contributed by atoms with van der Waals surface area (Å²) in [5.41, 5.74) is 1.19. The fourth-order valence-corrected chi connectivity index (χ4v) is 1.35. The van der Waals surface area contributed by atoms with Crippen LogP contribution in [-0.4, -0.2) is 0 Å². The van der Waals surface area contributed by atoms with Crippen LogP contribution >= 0.6 is 0 Å². The van der Waals surface area contributed by atoms with E-state index < -0.39 is 0 Å². The molecule has 0 amide bonds. The van der Waals surface area contributed by atoms with Gasteiger partial charge in [0.05, 0.1) is 0 Å². The minimum atomic E-state index is 0.857. The molecule has 1 aromatic rings. The predicted molar refractivity (Wildman–Crippen MR) is 38.9 cm³/mol. The summed E-state index contributed by atoms with van der Waals surface area (Å²) in [5, 5.41) is 0. The molecule has 0 atom stereocenters. The molecule has 59 valence electrons. The second kappa shape index (κ2) is 2.71. The summed E-state index contributed by atoms with van der Waals surface area (Å²) in [6, 6.07) is 7.96. The molecule has 0 aliphatic carbocycles. The molecule has 0 unspecified atom stereocenters. The van der Waals surface area contributed by atoms with E-state index in [1.807, 2.05) is 24.3 Å². The van der Waals surface area contributed by atoms with Gasteiger partial charge in [0.25, 0.3) is 0 Å². The molecule has 0 fully saturated rings. The molecule has 0 aromatic heterocycles. The van der Waals surface area contributed by atoms with Gasteiger partial charge in [0.15, 0.2) is 0 Å². The number of rotatable bonds is 0. The van der Waals surface area contributed by atoms with Gasteiger partial charge in [-0.25, -0.2) is 0 Å². The van der Waals surface area contributed by atoms with Gasteiger partial charge >= 0.3 is 73.0 Å². The van der Waals surface area contributed by atoms with Crippen LogP contribution in [-0.2, 0) is 21.9 Å². The Morgan fingerprint density at radius 3 is 3.00 bits per heavy atom. The van der Waals surface area contributed by atoms with E-state index in [4.69, 9.17) is 20.2 Å². The Balaban J connectivity index is 2.42. The van der Waals surface area contributed by atoms with E-state index in [-0.39, 0.29) is 0 Å². The van der Waals surface area contributed by atoms with Crippen LogP contribution in [0.1, 0.15) is 5.56 Å². The Bertz CT molecular complexity index is 304. The molecule has 0 saturated carbocycles. The Hall–Kier alpha value is -0.746. The van der Waals surface area contributed by atoms with Gasteiger partial charge in [0.1, 0.15) is 0 Å². The van der Waals surface area contributed by atoms with Crippen molar-refractivity contribution in [1.29, 1.82) is 0 Å². The average molecular weight is 190 g/mol. The van der Waals surface area contributed by atoms with Gasteiger partial charge in [-0.15, -0.1) is 0 Å². The molecule has 1 aromatic carbocycles. The van der Waals surface area contributed by atoms with Crippen LogP contribution in [0.15, 0.2) is 35.1 Å². The van der Waals surface area contributed by atoms with Crippen molar-refractivity contribution in [2.24, 2.45) is 0 Å². The fraction of sp³-hybridized carbons (Fsp3) is 0.111. The zero-order valence-electron chi connectivity index (χ0n) is 5.82. The molecule has 0 N–H and O–H groups in total. The van der Waals surface area contributed by atoms with Crippen LogP contribution in [0.25, 0.3) is 0 Å². The fourth-order valence-electron chi connectivity index (χ4n) is 1.10. The van der Waals surface area contributed by atoms with Crippen molar-refractivity contribution in [2.45, 2.75) is 6.42 Å². The van der Waals surface area contributed by atoms with E-state index in [2.05, 4.69) is 0 Å². The first-order chi connectivity index (χ1) is 5.36. The predicted octanol–water partition coefficient (Wildman–Crippen LogP) is 2.01. The van der Waals surface area contributed by atoms with Crippen molar-refractivity contribution in [3.63, 3.8) is 0 Å². The van der Waals surface area contributed by atoms with Crippen molar-refractivity contribution < 1.29 is 20.2 Å². The average Bonchev–Trinajstić information content (AvgIpc) is 2.04. The van der Waals surface area contributed by atoms with Crippen LogP contribution < -0.4 is 4.74 Å². The summed E-state index contributed by atoms with van der Waals surface area (Å²) in [6.07, 6.45) is 2.51. The molecule has 0 bridgehead atoms. The third kappa shape index (κ3) is 1.31. The standard InChI is InChI=1S/C9H7O.Ni/c1-2-6-9-8(4-1)5-3-7-10-9;/h1-2,4,6-7H,5H2;. The van der Waals surface area contributed by atoms with Crippen LogP contribution in [0.2, 0.25) is 0 Å². The Morgan fingerprint density at radius 2 is 2.09 bits per heavy atom. The summed E-state index contributed by atoms with van der Waals surface area (Å²) >= 11 is 4.71.